The zero-order valence-electron chi connectivity index (χ0n) is 12.2. The van der Waals surface area contributed by atoms with Gasteiger partial charge in [0.15, 0.2) is 0 Å². The summed E-state index contributed by atoms with van der Waals surface area (Å²) >= 11 is 0. The van der Waals surface area contributed by atoms with E-state index in [0.29, 0.717) is 0 Å². The van der Waals surface area contributed by atoms with E-state index < -0.39 is 0 Å². The van der Waals surface area contributed by atoms with Crippen LogP contribution in [0.4, 0.5) is 0 Å². The first-order chi connectivity index (χ1) is 3.91. The summed E-state index contributed by atoms with van der Waals surface area (Å²) < 4.78 is 3.74. The molecule has 0 saturated heterocycles. The van der Waals surface area contributed by atoms with Crippen LogP contribution in [0, 0.1) is 36.3 Å². The summed E-state index contributed by atoms with van der Waals surface area (Å²) in [4.78, 5) is 8.83. The summed E-state index contributed by atoms with van der Waals surface area (Å²) in [6.07, 6.45) is 0. The maximum atomic E-state index is 8.83. The Bertz CT molecular complexity index is 40.0. The molecule has 0 unspecified atom stereocenters. The van der Waals surface area contributed by atoms with Gasteiger partial charge in [0, 0.05) is 7.11 Å². The van der Waals surface area contributed by atoms with Gasteiger partial charge in [-0.05, 0) is 0 Å². The fourth-order valence-corrected chi connectivity index (χ4v) is 0. The van der Waals surface area contributed by atoms with Crippen molar-refractivity contribution < 1.29 is 170 Å². The maximum absolute atomic E-state index is 8.83. The van der Waals surface area contributed by atoms with E-state index in [4.69, 9.17) is 9.90 Å². The van der Waals surface area contributed by atoms with E-state index in [0.717, 1.165) is 0 Å². The van der Waals surface area contributed by atoms with Gasteiger partial charge in [0.1, 0.15) is 0 Å². The van der Waals surface area contributed by atoms with Crippen molar-refractivity contribution in [3.63, 3.8) is 0 Å². The number of ether oxygens (including phenoxy) is 1. The van der Waals surface area contributed by atoms with Gasteiger partial charge in [-0.3, -0.25) is 0 Å². The van der Waals surface area contributed by atoms with Crippen LogP contribution in [0.3, 0.4) is 0 Å². The number of hydrogen-bond donors (Lipinski definition) is 1. The van der Waals surface area contributed by atoms with Gasteiger partial charge in [-0.25, -0.2) is 7.11 Å². The van der Waals surface area contributed by atoms with Crippen LogP contribution < -0.4 is 154 Å². The van der Waals surface area contributed by atoms with Crippen LogP contribution in [-0.4, -0.2) is 18.7 Å². The number of rotatable bonds is 1. The molecule has 0 aromatic heterocycles. The number of aliphatic hydroxyl groups is 1. The van der Waals surface area contributed by atoms with E-state index in [9.17, 15) is 0 Å². The Morgan fingerprint density at radius 1 is 1.07 bits per heavy atom. The summed E-state index contributed by atoms with van der Waals surface area (Å²) in [6.45, 7) is 6.18. The van der Waals surface area contributed by atoms with Gasteiger partial charge >= 0.3 is 154 Å². The van der Waals surface area contributed by atoms with Crippen molar-refractivity contribution in [1.29, 1.82) is 0 Å². The minimum atomic E-state index is 0. The first kappa shape index (κ1) is 74.6. The largest absolute Gasteiger partial charge is 1.00 e. The van der Waals surface area contributed by atoms with Crippen molar-refractivity contribution in [1.82, 2.24) is 0 Å². The minimum Gasteiger partial charge on any atom is -1.00 e. The second kappa shape index (κ2) is 137. The second-order valence-corrected chi connectivity index (χ2v) is 0.287. The van der Waals surface area contributed by atoms with E-state index in [1.807, 2.05) is 0 Å². The third-order valence-corrected chi connectivity index (χ3v) is 0.0833. The number of methoxy groups -OCH3 is 1. The molecule has 1 N–H and O–H groups in total. The fraction of sp³-hybridized carbons (Fsp3) is 0.333. The van der Waals surface area contributed by atoms with Gasteiger partial charge in [0.2, 0.25) is 0 Å². The van der Waals surface area contributed by atoms with Crippen LogP contribution in [0.15, 0.2) is 0 Å². The van der Waals surface area contributed by atoms with Crippen LogP contribution in [0.25, 0.3) is 0 Å². The molecule has 0 spiro atoms. The molecule has 6 heteroatoms. The molecule has 0 amide bonds. The smallest absolute Gasteiger partial charge is 1.00 e. The van der Waals surface area contributed by atoms with E-state index in [2.05, 4.69) is 18.8 Å². The van der Waals surface area contributed by atoms with Gasteiger partial charge in [-0.15, -0.1) is 0 Å². The van der Waals surface area contributed by atoms with Crippen molar-refractivity contribution in [2.45, 2.75) is 14.4 Å². The predicted octanol–water partition coefficient (Wildman–Crippen LogP) is -6.20. The van der Waals surface area contributed by atoms with E-state index >= 15 is 0 Å². The molecule has 0 aliphatic rings. The minimum absolute atomic E-state index is 0. The normalized spacial score (nSPS) is 2.20. The molecule has 0 fully saturated rings. The number of hydrogen-bond acceptors (Lipinski definition) is 3. The molecule has 15 heavy (non-hydrogen) atoms. The molecule has 3 nitrogen and oxygen atoms in total. The molecule has 0 heterocycles. The third kappa shape index (κ3) is 172. The first-order valence-electron chi connectivity index (χ1n) is 1.84. The molecule has 0 atom stereocenters. The van der Waals surface area contributed by atoms with Crippen LogP contribution >= 0.6 is 0 Å². The molecule has 0 aromatic rings. The molecule has 0 radical (unpaired) electrons. The van der Waals surface area contributed by atoms with Crippen LogP contribution in [-0.2, 0) is 9.53 Å². The topological polar surface area (TPSA) is 46.5 Å². The van der Waals surface area contributed by atoms with Crippen molar-refractivity contribution in [3.05, 3.63) is 36.3 Å². The summed E-state index contributed by atoms with van der Waals surface area (Å²) in [7, 11) is 3.51. The van der Waals surface area contributed by atoms with Crippen LogP contribution in [0.5, 0.6) is 0 Å². The zero-order valence-corrected chi connectivity index (χ0v) is 20.5. The summed E-state index contributed by atoms with van der Waals surface area (Å²) in [5.74, 6) is 0. The van der Waals surface area contributed by atoms with Crippen LogP contribution in [0.2, 0.25) is 0 Å². The van der Waals surface area contributed by atoms with Gasteiger partial charge in [0.25, 0.3) is 0 Å². The van der Waals surface area contributed by atoms with E-state index in [1.165, 1.54) is 13.6 Å². The number of carbonyl (C=O) groups excluding carboxylic acids is 1. The molecule has 0 aliphatic heterocycles. The van der Waals surface area contributed by atoms with E-state index in [-0.39, 0.29) is 185 Å². The van der Waals surface area contributed by atoms with Crippen LogP contribution in [0.1, 0.15) is 15.8 Å². The Hall–Kier alpha value is 4.34. The zero-order chi connectivity index (χ0) is 7.41. The van der Waals surface area contributed by atoms with Crippen molar-refractivity contribution in [2.75, 3.05) is 7.11 Å². The maximum Gasteiger partial charge on any atom is 1.00 e. The third-order valence-electron chi connectivity index (χ3n) is 0.0833. The molecule has 0 saturated carbocycles. The predicted molar refractivity (Wildman–Crippen MR) is 58.1 cm³/mol. The summed E-state index contributed by atoms with van der Waals surface area (Å²) in [5.41, 5.74) is 0. The van der Waals surface area contributed by atoms with Gasteiger partial charge in [-0.1, -0.05) is 13.9 Å². The van der Waals surface area contributed by atoms with E-state index in [1.54, 1.807) is 6.92 Å². The Kier molecular flexibility index (Phi) is 682. The van der Waals surface area contributed by atoms with Gasteiger partial charge in [0.05, 0.1) is 0 Å². The molecule has 0 aromatic carbocycles. The average molecular weight is 299 g/mol. The SMILES string of the molecule is C.CO[C-]=O.[CH2-]C.[CH2-]O.[CH3-].[CH3-].[CH3-].[H-].[K+].[K+].[K+]. The molecule has 0 bridgehead atoms. The molecule has 0 rings (SSSR count). The van der Waals surface area contributed by atoms with Crippen molar-refractivity contribution in [3.8, 4) is 0 Å². The molecular weight excluding hydrogens is 273 g/mol. The fourth-order valence-electron chi connectivity index (χ4n) is 0. The first-order valence-corrected chi connectivity index (χ1v) is 1.84. The monoisotopic (exact) mass is 298 g/mol. The molecule has 0 aliphatic carbocycles. The van der Waals surface area contributed by atoms with Gasteiger partial charge < -0.3 is 45.3 Å². The molecular formula is C9H25K3O3-4. The van der Waals surface area contributed by atoms with Gasteiger partial charge in [-0.2, -0.15) is 6.92 Å². The standard InChI is InChI=1S/C2H3O2.C2H5.CH3O.CH4.3CH3.3K.H/c1-4-2-3;2*1-2;;;;;;;;/h1H3;1H2,2H3;2H,1H2;1H4;3*1H3;;;;/q3*-1;;3*-1;3*+1;-1. The van der Waals surface area contributed by atoms with Crippen molar-refractivity contribution in [2.24, 2.45) is 0 Å². The van der Waals surface area contributed by atoms with Crippen molar-refractivity contribution >= 4 is 6.47 Å². The summed E-state index contributed by atoms with van der Waals surface area (Å²) in [5, 5.41) is 6.75. The Morgan fingerprint density at radius 3 is 1.13 bits per heavy atom. The Balaban J connectivity index is -0.00000000218. The average Bonchev–Trinajstić information content (AvgIpc) is 1.96. The molecule has 86 valence electrons. The number of aliphatic hydroxyl groups excluding tert-OH is 1. The Morgan fingerprint density at radius 2 is 1.13 bits per heavy atom. The Labute approximate surface area is 228 Å². The second-order valence-electron chi connectivity index (χ2n) is 0.287. The quantitative estimate of drug-likeness (QED) is 0.387. The summed E-state index contributed by atoms with van der Waals surface area (Å²) in [6, 6.07) is 0.